The van der Waals surface area contributed by atoms with Gasteiger partial charge < -0.3 is 9.47 Å². The molecular weight excluding hydrogens is 426 g/mol. The number of rotatable bonds is 8. The van der Waals surface area contributed by atoms with E-state index in [1.165, 1.54) is 14.2 Å². The number of methoxy groups -OCH3 is 2. The number of pyridine rings is 1. The van der Waals surface area contributed by atoms with Gasteiger partial charge in [0, 0.05) is 30.2 Å². The normalized spacial score (nSPS) is 11.3. The summed E-state index contributed by atoms with van der Waals surface area (Å²) in [5.41, 5.74) is 5.20. The van der Waals surface area contributed by atoms with Crippen LogP contribution in [0.5, 0.6) is 0 Å². The van der Waals surface area contributed by atoms with Gasteiger partial charge in [0.2, 0.25) is 11.4 Å². The zero-order valence-corrected chi connectivity index (χ0v) is 20.0. The average molecular weight is 457 g/mol. The first-order chi connectivity index (χ1) is 16.4. The Morgan fingerprint density at radius 3 is 1.47 bits per heavy atom. The predicted octanol–water partition coefficient (Wildman–Crippen LogP) is 5.54. The van der Waals surface area contributed by atoms with Crippen LogP contribution < -0.4 is 4.57 Å². The van der Waals surface area contributed by atoms with Gasteiger partial charge in [-0.2, -0.15) is 4.57 Å². The smallest absolute Gasteiger partial charge is 0.337 e. The van der Waals surface area contributed by atoms with E-state index >= 15 is 0 Å². The monoisotopic (exact) mass is 456 g/mol. The van der Waals surface area contributed by atoms with Crippen molar-refractivity contribution in [3.05, 3.63) is 100 Å². The SMILES string of the molecule is COC(=O)c1ccc(/C=C/c2cccc(/C=C/c3ccc(C(=O)OC)cc3)[n+]2CC(C)C)cc1. The van der Waals surface area contributed by atoms with Gasteiger partial charge in [-0.05, 0) is 53.6 Å². The van der Waals surface area contributed by atoms with Crippen LogP contribution in [0.4, 0.5) is 0 Å². The number of hydrogen-bond donors (Lipinski definition) is 0. The number of hydrogen-bond acceptors (Lipinski definition) is 4. The van der Waals surface area contributed by atoms with Crippen LogP contribution in [0.2, 0.25) is 0 Å². The molecule has 0 radical (unpaired) electrons. The van der Waals surface area contributed by atoms with Gasteiger partial charge in [0.05, 0.1) is 25.3 Å². The molecule has 1 heterocycles. The summed E-state index contributed by atoms with van der Waals surface area (Å²) in [7, 11) is 2.75. The highest BCUT2D eigenvalue weighted by molar-refractivity contribution is 5.90. The van der Waals surface area contributed by atoms with Crippen LogP contribution in [0, 0.1) is 5.92 Å². The second-order valence-corrected chi connectivity index (χ2v) is 8.27. The molecule has 0 atom stereocenters. The van der Waals surface area contributed by atoms with Crippen molar-refractivity contribution in [3.8, 4) is 0 Å². The number of aromatic nitrogens is 1. The second kappa shape index (κ2) is 11.8. The largest absolute Gasteiger partial charge is 0.465 e. The summed E-state index contributed by atoms with van der Waals surface area (Å²) in [6.45, 7) is 5.25. The third-order valence-corrected chi connectivity index (χ3v) is 5.26. The van der Waals surface area contributed by atoms with Crippen LogP contribution in [0.25, 0.3) is 24.3 Å². The van der Waals surface area contributed by atoms with E-state index in [0.29, 0.717) is 17.0 Å². The van der Waals surface area contributed by atoms with E-state index in [2.05, 4.69) is 42.7 Å². The van der Waals surface area contributed by atoms with Crippen molar-refractivity contribution in [1.29, 1.82) is 0 Å². The van der Waals surface area contributed by atoms with E-state index in [1.807, 2.05) is 42.5 Å². The topological polar surface area (TPSA) is 56.5 Å². The fourth-order valence-corrected chi connectivity index (χ4v) is 3.50. The molecule has 3 aromatic rings. The molecule has 5 nitrogen and oxygen atoms in total. The summed E-state index contributed by atoms with van der Waals surface area (Å²) in [4.78, 5) is 23.3. The summed E-state index contributed by atoms with van der Waals surface area (Å²) in [5.74, 6) is -0.222. The lowest BCUT2D eigenvalue weighted by atomic mass is 10.1. The molecule has 5 heteroatoms. The molecule has 34 heavy (non-hydrogen) atoms. The molecule has 0 saturated heterocycles. The maximum Gasteiger partial charge on any atom is 0.337 e. The standard InChI is InChI=1S/C29H30NO4/c1-21(2)20-30-26(18-12-22-8-14-24(15-9-22)28(31)33-3)6-5-7-27(30)19-13-23-10-16-25(17-11-23)29(32)34-4/h5-19,21H,20H2,1-4H3/q+1/b18-12+,19-13+. The Labute approximate surface area is 201 Å². The van der Waals surface area contributed by atoms with Crippen molar-refractivity contribution in [2.75, 3.05) is 14.2 Å². The predicted molar refractivity (Wildman–Crippen MR) is 135 cm³/mol. The van der Waals surface area contributed by atoms with Gasteiger partial charge in [0.25, 0.3) is 0 Å². The molecular formula is C29H30NO4+. The highest BCUT2D eigenvalue weighted by Gasteiger charge is 2.15. The van der Waals surface area contributed by atoms with Gasteiger partial charge in [-0.25, -0.2) is 9.59 Å². The highest BCUT2D eigenvalue weighted by Crippen LogP contribution is 2.13. The molecule has 3 rings (SSSR count). The van der Waals surface area contributed by atoms with Crippen LogP contribution in [0.15, 0.2) is 66.7 Å². The Morgan fingerprint density at radius 1 is 0.706 bits per heavy atom. The summed E-state index contributed by atoms with van der Waals surface area (Å²) >= 11 is 0. The summed E-state index contributed by atoms with van der Waals surface area (Å²) < 4.78 is 11.8. The molecule has 174 valence electrons. The molecule has 0 fully saturated rings. The Balaban J connectivity index is 1.86. The molecule has 0 spiro atoms. The van der Waals surface area contributed by atoms with Crippen molar-refractivity contribution in [1.82, 2.24) is 0 Å². The first-order valence-corrected chi connectivity index (χ1v) is 11.2. The van der Waals surface area contributed by atoms with Crippen LogP contribution in [0.3, 0.4) is 0 Å². The van der Waals surface area contributed by atoms with E-state index in [1.54, 1.807) is 24.3 Å². The molecule has 0 amide bonds. The van der Waals surface area contributed by atoms with E-state index in [-0.39, 0.29) is 11.9 Å². The van der Waals surface area contributed by atoms with Crippen LogP contribution in [0.1, 0.15) is 57.1 Å². The zero-order chi connectivity index (χ0) is 24.5. The van der Waals surface area contributed by atoms with Gasteiger partial charge in [0.1, 0.15) is 0 Å². The quantitative estimate of drug-likeness (QED) is 0.330. The first kappa shape index (κ1) is 24.6. The minimum atomic E-state index is -0.343. The lowest BCUT2D eigenvalue weighted by Crippen LogP contribution is -2.42. The van der Waals surface area contributed by atoms with E-state index in [0.717, 1.165) is 29.1 Å². The van der Waals surface area contributed by atoms with Crippen molar-refractivity contribution in [2.45, 2.75) is 20.4 Å². The van der Waals surface area contributed by atoms with Gasteiger partial charge >= 0.3 is 11.9 Å². The number of ether oxygens (including phenoxy) is 2. The van der Waals surface area contributed by atoms with E-state index < -0.39 is 0 Å². The fourth-order valence-electron chi connectivity index (χ4n) is 3.50. The molecule has 0 bridgehead atoms. The molecule has 0 N–H and O–H groups in total. The molecule has 0 aliphatic carbocycles. The number of esters is 2. The lowest BCUT2D eigenvalue weighted by Gasteiger charge is -2.07. The number of benzene rings is 2. The summed E-state index contributed by atoms with van der Waals surface area (Å²) in [5, 5.41) is 0. The van der Waals surface area contributed by atoms with E-state index in [9.17, 15) is 9.59 Å². The van der Waals surface area contributed by atoms with Gasteiger partial charge in [-0.15, -0.1) is 0 Å². The van der Waals surface area contributed by atoms with Crippen molar-refractivity contribution < 1.29 is 23.6 Å². The first-order valence-electron chi connectivity index (χ1n) is 11.2. The van der Waals surface area contributed by atoms with Crippen molar-refractivity contribution in [2.24, 2.45) is 5.92 Å². The van der Waals surface area contributed by atoms with Crippen LogP contribution in [-0.2, 0) is 16.0 Å². The maximum atomic E-state index is 11.6. The van der Waals surface area contributed by atoms with Crippen LogP contribution in [-0.4, -0.2) is 26.2 Å². The molecule has 0 saturated carbocycles. The maximum absolute atomic E-state index is 11.6. The molecule has 0 unspecified atom stereocenters. The third-order valence-electron chi connectivity index (χ3n) is 5.26. The Bertz CT molecular complexity index is 1100. The summed E-state index contributed by atoms with van der Waals surface area (Å²) in [6.07, 6.45) is 8.23. The molecule has 1 aromatic heterocycles. The average Bonchev–Trinajstić information content (AvgIpc) is 2.86. The summed E-state index contributed by atoms with van der Waals surface area (Å²) in [6, 6.07) is 20.9. The lowest BCUT2D eigenvalue weighted by molar-refractivity contribution is -0.705. The van der Waals surface area contributed by atoms with Gasteiger partial charge in [-0.3, -0.25) is 0 Å². The number of nitrogens with zero attached hydrogens (tertiary/aromatic N) is 1. The van der Waals surface area contributed by atoms with Gasteiger partial charge in [-0.1, -0.05) is 38.1 Å². The highest BCUT2D eigenvalue weighted by atomic mass is 16.5. The third kappa shape index (κ3) is 6.51. The zero-order valence-electron chi connectivity index (χ0n) is 20.0. The Hall–Kier alpha value is -3.99. The molecule has 0 aliphatic heterocycles. The number of carbonyl (C=O) groups excluding carboxylic acids is 2. The minimum Gasteiger partial charge on any atom is -0.465 e. The molecule has 2 aromatic carbocycles. The Morgan fingerprint density at radius 2 is 1.12 bits per heavy atom. The Kier molecular flexibility index (Phi) is 8.52. The van der Waals surface area contributed by atoms with Crippen LogP contribution >= 0.6 is 0 Å². The molecule has 0 aliphatic rings. The van der Waals surface area contributed by atoms with Crippen molar-refractivity contribution >= 4 is 36.2 Å². The van der Waals surface area contributed by atoms with Gasteiger partial charge in [0.15, 0.2) is 6.54 Å². The second-order valence-electron chi connectivity index (χ2n) is 8.27. The number of carbonyl (C=O) groups is 2. The van der Waals surface area contributed by atoms with E-state index in [4.69, 9.17) is 9.47 Å². The minimum absolute atomic E-state index is 0.343. The van der Waals surface area contributed by atoms with Crippen molar-refractivity contribution in [3.63, 3.8) is 0 Å². The fraction of sp³-hybridized carbons (Fsp3) is 0.207.